The normalized spacial score (nSPS) is 25.4. The molecule has 1 unspecified atom stereocenters. The summed E-state index contributed by atoms with van der Waals surface area (Å²) in [6.07, 6.45) is 8.69. The first-order valence-corrected chi connectivity index (χ1v) is 8.37. The van der Waals surface area contributed by atoms with Gasteiger partial charge in [0.2, 0.25) is 0 Å². The van der Waals surface area contributed by atoms with Gasteiger partial charge in [0, 0.05) is 32.1 Å². The van der Waals surface area contributed by atoms with Gasteiger partial charge in [-0.2, -0.15) is 0 Å². The standard InChI is InChI=1S/C16H34N2O.BrH/c1-17(10-3-4-11-17)14-7-8-16(19)9-15-18(2)12-5-6-13-18;/h16,19H,3-15H2,1-2H3;1H/q+2;/p-1. The highest BCUT2D eigenvalue weighted by Gasteiger charge is 2.28. The van der Waals surface area contributed by atoms with Gasteiger partial charge < -0.3 is 31.1 Å². The Hall–Kier alpha value is 0.360. The van der Waals surface area contributed by atoms with Crippen LogP contribution in [0.5, 0.6) is 0 Å². The molecule has 0 aromatic heterocycles. The fourth-order valence-electron chi connectivity index (χ4n) is 3.96. The van der Waals surface area contributed by atoms with Crippen molar-refractivity contribution in [3.8, 4) is 0 Å². The number of nitrogens with zero attached hydrogens (tertiary/aromatic N) is 2. The Bertz CT molecular complexity index is 274. The number of rotatable bonds is 7. The predicted molar refractivity (Wildman–Crippen MR) is 79.9 cm³/mol. The van der Waals surface area contributed by atoms with Crippen molar-refractivity contribution in [2.75, 3.05) is 53.4 Å². The Morgan fingerprint density at radius 2 is 1.25 bits per heavy atom. The van der Waals surface area contributed by atoms with Crippen LogP contribution in [0.25, 0.3) is 0 Å². The molecule has 4 heteroatoms. The first-order valence-electron chi connectivity index (χ1n) is 8.37. The van der Waals surface area contributed by atoms with Gasteiger partial charge in [-0.15, -0.1) is 0 Å². The molecule has 0 radical (unpaired) electrons. The molecule has 1 atom stereocenters. The van der Waals surface area contributed by atoms with Crippen molar-refractivity contribution in [3.63, 3.8) is 0 Å². The summed E-state index contributed by atoms with van der Waals surface area (Å²) in [7, 11) is 4.74. The van der Waals surface area contributed by atoms with E-state index in [1.165, 1.54) is 80.3 Å². The third-order valence-electron chi connectivity index (χ3n) is 5.53. The topological polar surface area (TPSA) is 20.2 Å². The summed E-state index contributed by atoms with van der Waals surface area (Å²) in [5.41, 5.74) is 0. The summed E-state index contributed by atoms with van der Waals surface area (Å²) in [5, 5.41) is 10.2. The van der Waals surface area contributed by atoms with Gasteiger partial charge >= 0.3 is 0 Å². The number of aliphatic hydroxyl groups excluding tert-OH is 1. The van der Waals surface area contributed by atoms with Gasteiger partial charge in [0.15, 0.2) is 0 Å². The summed E-state index contributed by atoms with van der Waals surface area (Å²) in [4.78, 5) is 0. The van der Waals surface area contributed by atoms with E-state index in [4.69, 9.17) is 0 Å². The summed E-state index contributed by atoms with van der Waals surface area (Å²) in [6, 6.07) is 0. The van der Waals surface area contributed by atoms with Gasteiger partial charge in [-0.05, 0) is 12.8 Å². The van der Waals surface area contributed by atoms with Crippen molar-refractivity contribution in [1.82, 2.24) is 0 Å². The molecule has 2 saturated heterocycles. The largest absolute Gasteiger partial charge is 1.00 e. The molecular weight excluding hydrogens is 316 g/mol. The van der Waals surface area contributed by atoms with Crippen molar-refractivity contribution in [3.05, 3.63) is 0 Å². The molecule has 2 rings (SSSR count). The highest BCUT2D eigenvalue weighted by atomic mass is 79.9. The van der Waals surface area contributed by atoms with Crippen molar-refractivity contribution in [2.45, 2.75) is 51.0 Å². The van der Waals surface area contributed by atoms with Crippen LogP contribution < -0.4 is 17.0 Å². The van der Waals surface area contributed by atoms with Crippen LogP contribution in [0.2, 0.25) is 0 Å². The van der Waals surface area contributed by atoms with E-state index in [0.29, 0.717) is 0 Å². The van der Waals surface area contributed by atoms with E-state index < -0.39 is 0 Å². The second kappa shape index (κ2) is 8.11. The molecule has 0 aromatic rings. The van der Waals surface area contributed by atoms with Crippen LogP contribution in [-0.4, -0.2) is 73.5 Å². The maximum atomic E-state index is 10.2. The van der Waals surface area contributed by atoms with Crippen LogP contribution in [0, 0.1) is 0 Å². The number of aliphatic hydroxyl groups is 1. The van der Waals surface area contributed by atoms with Crippen LogP contribution in [0.15, 0.2) is 0 Å². The molecule has 2 aliphatic heterocycles. The van der Waals surface area contributed by atoms with Crippen molar-refractivity contribution >= 4 is 0 Å². The number of hydrogen-bond acceptors (Lipinski definition) is 1. The molecule has 2 heterocycles. The Morgan fingerprint density at radius 3 is 1.75 bits per heavy atom. The predicted octanol–water partition coefficient (Wildman–Crippen LogP) is -0.998. The monoisotopic (exact) mass is 349 g/mol. The molecule has 0 bridgehead atoms. The second-order valence-electron chi connectivity index (χ2n) is 7.58. The van der Waals surface area contributed by atoms with E-state index in [9.17, 15) is 5.11 Å². The Balaban J connectivity index is 0.00000200. The van der Waals surface area contributed by atoms with Crippen LogP contribution in [-0.2, 0) is 0 Å². The summed E-state index contributed by atoms with van der Waals surface area (Å²) < 4.78 is 2.45. The molecule has 2 aliphatic rings. The minimum absolute atomic E-state index is 0. The molecule has 3 nitrogen and oxygen atoms in total. The lowest BCUT2D eigenvalue weighted by molar-refractivity contribution is -0.898. The van der Waals surface area contributed by atoms with E-state index in [-0.39, 0.29) is 23.1 Å². The molecule has 0 spiro atoms. The summed E-state index contributed by atoms with van der Waals surface area (Å²) in [6.45, 7) is 7.79. The Morgan fingerprint density at radius 1 is 0.800 bits per heavy atom. The maximum Gasteiger partial charge on any atom is 0.0809 e. The molecule has 0 saturated carbocycles. The SMILES string of the molecule is C[N+]1(CCCC(O)CC[N+]2(C)CCCC2)CCCC1.[Br-]. The van der Waals surface area contributed by atoms with Crippen molar-refractivity contribution in [2.24, 2.45) is 0 Å². The minimum Gasteiger partial charge on any atom is -1.00 e. The third kappa shape index (κ3) is 5.63. The fraction of sp³-hybridized carbons (Fsp3) is 1.00. The first kappa shape index (κ1) is 18.4. The van der Waals surface area contributed by atoms with Crippen LogP contribution in [0.3, 0.4) is 0 Å². The Labute approximate surface area is 135 Å². The molecule has 2 fully saturated rings. The van der Waals surface area contributed by atoms with Crippen LogP contribution >= 0.6 is 0 Å². The van der Waals surface area contributed by atoms with E-state index in [1.54, 1.807) is 0 Å². The lowest BCUT2D eigenvalue weighted by Crippen LogP contribution is -3.00. The quantitative estimate of drug-likeness (QED) is 0.585. The molecule has 1 N–H and O–H groups in total. The molecular formula is C16H34BrN2O+. The van der Waals surface area contributed by atoms with Gasteiger partial charge in [-0.1, -0.05) is 0 Å². The van der Waals surface area contributed by atoms with E-state index in [0.717, 1.165) is 12.8 Å². The van der Waals surface area contributed by atoms with Crippen LogP contribution in [0.4, 0.5) is 0 Å². The molecule has 0 aliphatic carbocycles. The molecule has 0 amide bonds. The first-order chi connectivity index (χ1) is 9.02. The fourth-order valence-corrected chi connectivity index (χ4v) is 3.96. The lowest BCUT2D eigenvalue weighted by Gasteiger charge is -2.31. The van der Waals surface area contributed by atoms with Crippen molar-refractivity contribution < 1.29 is 31.1 Å². The van der Waals surface area contributed by atoms with Crippen LogP contribution in [0.1, 0.15) is 44.9 Å². The zero-order chi connectivity index (χ0) is 13.8. The van der Waals surface area contributed by atoms with Crippen molar-refractivity contribution in [1.29, 1.82) is 0 Å². The number of likely N-dealkylation sites (tertiary alicyclic amines) is 2. The maximum absolute atomic E-state index is 10.2. The average molecular weight is 350 g/mol. The average Bonchev–Trinajstić information content (AvgIpc) is 2.97. The number of quaternary nitrogens is 2. The van der Waals surface area contributed by atoms with Gasteiger partial charge in [-0.25, -0.2) is 0 Å². The highest BCUT2D eigenvalue weighted by molar-refractivity contribution is 4.60. The zero-order valence-corrected chi connectivity index (χ0v) is 15.1. The molecule has 120 valence electrons. The highest BCUT2D eigenvalue weighted by Crippen LogP contribution is 2.20. The van der Waals surface area contributed by atoms with E-state index in [2.05, 4.69) is 14.1 Å². The van der Waals surface area contributed by atoms with E-state index >= 15 is 0 Å². The lowest BCUT2D eigenvalue weighted by atomic mass is 10.1. The molecule has 0 aromatic carbocycles. The number of halogens is 1. The van der Waals surface area contributed by atoms with Gasteiger partial charge in [0.25, 0.3) is 0 Å². The van der Waals surface area contributed by atoms with E-state index in [1.807, 2.05) is 0 Å². The third-order valence-corrected chi connectivity index (χ3v) is 5.53. The van der Waals surface area contributed by atoms with Gasteiger partial charge in [-0.3, -0.25) is 0 Å². The Kier molecular flexibility index (Phi) is 7.47. The minimum atomic E-state index is -0.0650. The summed E-state index contributed by atoms with van der Waals surface area (Å²) in [5.74, 6) is 0. The van der Waals surface area contributed by atoms with Gasteiger partial charge in [0.1, 0.15) is 0 Å². The zero-order valence-electron chi connectivity index (χ0n) is 13.5. The molecule has 20 heavy (non-hydrogen) atoms. The van der Waals surface area contributed by atoms with Gasteiger partial charge in [0.05, 0.1) is 59.5 Å². The second-order valence-corrected chi connectivity index (χ2v) is 7.58. The number of hydrogen-bond donors (Lipinski definition) is 1. The smallest absolute Gasteiger partial charge is 0.0809 e. The summed E-state index contributed by atoms with van der Waals surface area (Å²) >= 11 is 0.